The Morgan fingerprint density at radius 3 is 1.59 bits per heavy atom. The molecule has 3 amide bonds. The number of nitrogens with one attached hydrogen (secondary N) is 2. The van der Waals surface area contributed by atoms with Crippen LogP contribution in [-0.4, -0.2) is 11.9 Å². The Morgan fingerprint density at radius 2 is 1.19 bits per heavy atom. The van der Waals surface area contributed by atoms with Crippen LogP contribution in [0.2, 0.25) is 0 Å². The summed E-state index contributed by atoms with van der Waals surface area (Å²) in [6.07, 6.45) is -10.1. The Labute approximate surface area is 148 Å². The highest BCUT2D eigenvalue weighted by molar-refractivity contribution is 6.00. The molecule has 0 spiro atoms. The molecule has 0 heterocycles. The van der Waals surface area contributed by atoms with Crippen molar-refractivity contribution in [2.45, 2.75) is 12.4 Å². The van der Waals surface area contributed by atoms with E-state index in [0.29, 0.717) is 12.1 Å². The van der Waals surface area contributed by atoms with Crippen molar-refractivity contribution in [3.8, 4) is 0 Å². The SMILES string of the molecule is NC(=O)c1ccc(NC(=O)Nc2cc(C(F)(F)F)cc(C(F)(F)F)c2)cc1. The molecule has 0 unspecified atom stereocenters. The van der Waals surface area contributed by atoms with Gasteiger partial charge in [-0.25, -0.2) is 4.79 Å². The highest BCUT2D eigenvalue weighted by Crippen LogP contribution is 2.37. The first-order valence-corrected chi connectivity index (χ1v) is 7.13. The molecule has 0 saturated carbocycles. The first-order valence-electron chi connectivity index (χ1n) is 7.13. The molecule has 27 heavy (non-hydrogen) atoms. The fourth-order valence-corrected chi connectivity index (χ4v) is 2.04. The van der Waals surface area contributed by atoms with Crippen LogP contribution in [0.5, 0.6) is 0 Å². The molecule has 11 heteroatoms. The molecule has 4 N–H and O–H groups in total. The van der Waals surface area contributed by atoms with Gasteiger partial charge < -0.3 is 16.4 Å². The van der Waals surface area contributed by atoms with E-state index in [1.165, 1.54) is 24.3 Å². The van der Waals surface area contributed by atoms with Crippen molar-refractivity contribution >= 4 is 23.3 Å². The monoisotopic (exact) mass is 391 g/mol. The maximum absolute atomic E-state index is 12.8. The van der Waals surface area contributed by atoms with E-state index in [2.05, 4.69) is 5.32 Å². The van der Waals surface area contributed by atoms with Crippen LogP contribution in [0.3, 0.4) is 0 Å². The summed E-state index contributed by atoms with van der Waals surface area (Å²) in [5.74, 6) is -0.713. The number of alkyl halides is 6. The van der Waals surface area contributed by atoms with Gasteiger partial charge in [0.15, 0.2) is 0 Å². The van der Waals surface area contributed by atoms with E-state index >= 15 is 0 Å². The summed E-state index contributed by atoms with van der Waals surface area (Å²) in [4.78, 5) is 22.8. The Kier molecular flexibility index (Phi) is 5.33. The van der Waals surface area contributed by atoms with Crippen molar-refractivity contribution in [2.24, 2.45) is 5.73 Å². The summed E-state index contributed by atoms with van der Waals surface area (Å²) >= 11 is 0. The molecule has 2 aromatic carbocycles. The molecule has 2 aromatic rings. The van der Waals surface area contributed by atoms with Gasteiger partial charge in [0.25, 0.3) is 0 Å². The molecule has 0 aliphatic heterocycles. The average Bonchev–Trinajstić information content (AvgIpc) is 2.53. The van der Waals surface area contributed by atoms with E-state index in [1.807, 2.05) is 5.32 Å². The van der Waals surface area contributed by atoms with Gasteiger partial charge in [-0.1, -0.05) is 0 Å². The van der Waals surface area contributed by atoms with Gasteiger partial charge in [0.05, 0.1) is 11.1 Å². The highest BCUT2D eigenvalue weighted by Gasteiger charge is 2.37. The number of hydrogen-bond acceptors (Lipinski definition) is 2. The van der Waals surface area contributed by atoms with E-state index in [4.69, 9.17) is 5.73 Å². The lowest BCUT2D eigenvalue weighted by Crippen LogP contribution is -2.21. The van der Waals surface area contributed by atoms with Crippen molar-refractivity contribution in [3.63, 3.8) is 0 Å². The third-order valence-electron chi connectivity index (χ3n) is 3.27. The Hall–Kier alpha value is -3.24. The average molecular weight is 391 g/mol. The fraction of sp³-hybridized carbons (Fsp3) is 0.125. The molecule has 0 saturated heterocycles. The first kappa shape index (κ1) is 20.1. The zero-order valence-corrected chi connectivity index (χ0v) is 13.2. The largest absolute Gasteiger partial charge is 0.416 e. The number of halogens is 6. The molecule has 0 aliphatic rings. The number of rotatable bonds is 3. The van der Waals surface area contributed by atoms with E-state index in [9.17, 15) is 35.9 Å². The molecule has 0 bridgehead atoms. The zero-order chi connectivity index (χ0) is 20.4. The van der Waals surface area contributed by atoms with E-state index < -0.39 is 41.1 Å². The molecule has 5 nitrogen and oxygen atoms in total. The molecule has 0 atom stereocenters. The number of urea groups is 1. The maximum Gasteiger partial charge on any atom is 0.416 e. The molecule has 2 rings (SSSR count). The maximum atomic E-state index is 12.8. The predicted molar refractivity (Wildman–Crippen MR) is 84.0 cm³/mol. The molecule has 0 aliphatic carbocycles. The van der Waals surface area contributed by atoms with Crippen LogP contribution >= 0.6 is 0 Å². The smallest absolute Gasteiger partial charge is 0.366 e. The predicted octanol–water partition coefficient (Wildman–Crippen LogP) is 4.47. The van der Waals surface area contributed by atoms with Gasteiger partial charge in [-0.05, 0) is 42.5 Å². The molecular weight excluding hydrogens is 380 g/mol. The summed E-state index contributed by atoms with van der Waals surface area (Å²) < 4.78 is 76.7. The second-order valence-corrected chi connectivity index (χ2v) is 5.32. The third-order valence-corrected chi connectivity index (χ3v) is 3.27. The number of primary amides is 1. The third kappa shape index (κ3) is 5.36. The van der Waals surface area contributed by atoms with Crippen molar-refractivity contribution in [2.75, 3.05) is 10.6 Å². The lowest BCUT2D eigenvalue weighted by molar-refractivity contribution is -0.143. The Morgan fingerprint density at radius 1 is 0.741 bits per heavy atom. The number of hydrogen-bond donors (Lipinski definition) is 3. The number of nitrogens with two attached hydrogens (primary N) is 1. The van der Waals surface area contributed by atoms with Crippen LogP contribution in [0, 0.1) is 0 Å². The van der Waals surface area contributed by atoms with Crippen LogP contribution in [0.4, 0.5) is 42.5 Å². The van der Waals surface area contributed by atoms with Gasteiger partial charge in [-0.3, -0.25) is 4.79 Å². The van der Waals surface area contributed by atoms with Crippen molar-refractivity contribution in [1.82, 2.24) is 0 Å². The van der Waals surface area contributed by atoms with E-state index in [-0.39, 0.29) is 17.3 Å². The summed E-state index contributed by atoms with van der Waals surface area (Å²) in [5, 5.41) is 4.12. The minimum absolute atomic E-state index is 0.0500. The topological polar surface area (TPSA) is 84.2 Å². The molecule has 0 fully saturated rings. The standard InChI is InChI=1S/C16H11F6N3O2/c17-15(18,19)9-5-10(16(20,21)22)7-12(6-9)25-14(27)24-11-3-1-8(2-4-11)13(23)26/h1-7H,(H2,23,26)(H2,24,25,27). The van der Waals surface area contributed by atoms with Gasteiger partial charge in [-0.15, -0.1) is 0 Å². The quantitative estimate of drug-likeness (QED) is 0.675. The summed E-state index contributed by atoms with van der Waals surface area (Å²) in [5.41, 5.74) is 1.52. The number of benzene rings is 2. The normalized spacial score (nSPS) is 11.8. The molecule has 0 aromatic heterocycles. The van der Waals surface area contributed by atoms with Gasteiger partial charge in [0.2, 0.25) is 5.91 Å². The molecule has 0 radical (unpaired) electrons. The lowest BCUT2D eigenvalue weighted by Gasteiger charge is -2.15. The lowest BCUT2D eigenvalue weighted by atomic mass is 10.1. The van der Waals surface area contributed by atoms with Crippen LogP contribution in [0.15, 0.2) is 42.5 Å². The van der Waals surface area contributed by atoms with Crippen LogP contribution in [-0.2, 0) is 12.4 Å². The van der Waals surface area contributed by atoms with E-state index in [1.54, 1.807) is 0 Å². The number of anilines is 2. The summed E-state index contributed by atoms with van der Waals surface area (Å²) in [6, 6.07) is 4.77. The zero-order valence-electron chi connectivity index (χ0n) is 13.2. The summed E-state index contributed by atoms with van der Waals surface area (Å²) in [6.45, 7) is 0. The Bertz CT molecular complexity index is 828. The van der Waals surface area contributed by atoms with Gasteiger partial charge in [-0.2, -0.15) is 26.3 Å². The van der Waals surface area contributed by atoms with Gasteiger partial charge in [0, 0.05) is 16.9 Å². The summed E-state index contributed by atoms with van der Waals surface area (Å²) in [7, 11) is 0. The van der Waals surface area contributed by atoms with E-state index in [0.717, 1.165) is 0 Å². The second-order valence-electron chi connectivity index (χ2n) is 5.32. The van der Waals surface area contributed by atoms with Gasteiger partial charge >= 0.3 is 18.4 Å². The van der Waals surface area contributed by atoms with Gasteiger partial charge in [0.1, 0.15) is 0 Å². The second kappa shape index (κ2) is 7.17. The number of carbonyl (C=O) groups is 2. The molecule has 144 valence electrons. The number of amides is 3. The minimum atomic E-state index is -5.03. The molecular formula is C16H11F6N3O2. The van der Waals surface area contributed by atoms with Crippen LogP contribution in [0.1, 0.15) is 21.5 Å². The van der Waals surface area contributed by atoms with Crippen molar-refractivity contribution in [3.05, 3.63) is 59.2 Å². The van der Waals surface area contributed by atoms with Crippen LogP contribution in [0.25, 0.3) is 0 Å². The highest BCUT2D eigenvalue weighted by atomic mass is 19.4. The fourth-order valence-electron chi connectivity index (χ4n) is 2.04. The first-order chi connectivity index (χ1) is 12.4. The number of carbonyl (C=O) groups excluding carboxylic acids is 2. The minimum Gasteiger partial charge on any atom is -0.366 e. The van der Waals surface area contributed by atoms with Crippen molar-refractivity contribution < 1.29 is 35.9 Å². The van der Waals surface area contributed by atoms with Crippen molar-refractivity contribution in [1.29, 1.82) is 0 Å². The Balaban J connectivity index is 2.22. The van der Waals surface area contributed by atoms with Crippen LogP contribution < -0.4 is 16.4 Å².